The van der Waals surface area contributed by atoms with Crippen LogP contribution in [-0.2, 0) is 0 Å². The Morgan fingerprint density at radius 3 is 2.60 bits per heavy atom. The van der Waals surface area contributed by atoms with E-state index >= 15 is 0 Å². The second-order valence-corrected chi connectivity index (χ2v) is 5.78. The molecule has 0 atom stereocenters. The Kier molecular flexibility index (Phi) is 5.92. The van der Waals surface area contributed by atoms with Crippen LogP contribution in [0.15, 0.2) is 46.9 Å². The smallest absolute Gasteiger partial charge is 0.394 e. The Morgan fingerprint density at radius 2 is 2.00 bits per heavy atom. The molecule has 25 heavy (non-hydrogen) atoms. The first-order valence-corrected chi connectivity index (χ1v) is 7.84. The minimum absolute atomic E-state index is 0.110. The van der Waals surface area contributed by atoms with E-state index in [0.717, 1.165) is 11.3 Å². The molecule has 0 radical (unpaired) electrons. The Bertz CT molecular complexity index is 786. The van der Waals surface area contributed by atoms with Gasteiger partial charge in [-0.25, -0.2) is 5.43 Å². The third-order valence-electron chi connectivity index (χ3n) is 3.00. The van der Waals surface area contributed by atoms with Gasteiger partial charge in [0.1, 0.15) is 11.5 Å². The molecule has 0 aliphatic heterocycles. The Hall–Kier alpha value is -2.68. The summed E-state index contributed by atoms with van der Waals surface area (Å²) in [7, 11) is 1.41. The van der Waals surface area contributed by atoms with Gasteiger partial charge in [-0.15, -0.1) is 11.3 Å². The number of methoxy groups -OCH3 is 1. The monoisotopic (exact) mass is 370 g/mol. The molecule has 0 bridgehead atoms. The zero-order valence-corrected chi connectivity index (χ0v) is 13.8. The maximum atomic E-state index is 12.7. The first-order chi connectivity index (χ1) is 11.8. The molecule has 0 aliphatic rings. The average molecular weight is 370 g/mol. The van der Waals surface area contributed by atoms with Gasteiger partial charge in [0, 0.05) is 5.56 Å². The van der Waals surface area contributed by atoms with Crippen molar-refractivity contribution in [1.29, 1.82) is 0 Å². The molecule has 1 aromatic carbocycles. The van der Waals surface area contributed by atoms with Crippen LogP contribution in [-0.4, -0.2) is 30.7 Å². The molecule has 0 aliphatic carbocycles. The third-order valence-corrected chi connectivity index (χ3v) is 3.87. The normalized spacial score (nSPS) is 11.9. The summed E-state index contributed by atoms with van der Waals surface area (Å²) in [4.78, 5) is 24.3. The molecular weight excluding hydrogens is 357 g/mol. The summed E-state index contributed by atoms with van der Waals surface area (Å²) in [5.41, 5.74) is 1.34. The van der Waals surface area contributed by atoms with Crippen molar-refractivity contribution in [3.63, 3.8) is 0 Å². The molecule has 1 heterocycles. The average Bonchev–Trinajstić information content (AvgIpc) is 3.11. The van der Waals surface area contributed by atoms with E-state index in [4.69, 9.17) is 4.74 Å². The van der Waals surface area contributed by atoms with Crippen molar-refractivity contribution in [3.05, 3.63) is 52.2 Å². The zero-order chi connectivity index (χ0) is 18.4. The number of hydrazone groups is 1. The van der Waals surface area contributed by atoms with Gasteiger partial charge < -0.3 is 4.74 Å². The lowest BCUT2D eigenvalue weighted by Crippen LogP contribution is -2.27. The van der Waals surface area contributed by atoms with Crippen LogP contribution >= 0.6 is 11.3 Å². The van der Waals surface area contributed by atoms with E-state index in [0.29, 0.717) is 5.75 Å². The number of halogens is 3. The van der Waals surface area contributed by atoms with Crippen LogP contribution in [0.5, 0.6) is 5.75 Å². The molecule has 2 aromatic rings. The van der Waals surface area contributed by atoms with E-state index in [2.05, 4.69) is 5.10 Å². The highest BCUT2D eigenvalue weighted by Crippen LogP contribution is 2.22. The number of benzene rings is 1. The summed E-state index contributed by atoms with van der Waals surface area (Å²) >= 11 is 0.994. The fourth-order valence-electron chi connectivity index (χ4n) is 1.86. The van der Waals surface area contributed by atoms with Gasteiger partial charge in [-0.1, -0.05) is 12.1 Å². The van der Waals surface area contributed by atoms with E-state index in [1.807, 2.05) is 5.43 Å². The molecule has 132 valence electrons. The molecule has 1 N–H and O–H groups in total. The summed E-state index contributed by atoms with van der Waals surface area (Å²) < 4.78 is 43.1. The minimum Gasteiger partial charge on any atom is -0.497 e. The van der Waals surface area contributed by atoms with Gasteiger partial charge >= 0.3 is 6.18 Å². The van der Waals surface area contributed by atoms with Crippen LogP contribution in [0.2, 0.25) is 0 Å². The van der Waals surface area contributed by atoms with Crippen LogP contribution in [0.25, 0.3) is 0 Å². The molecule has 0 saturated carbocycles. The molecule has 0 unspecified atom stereocenters. The zero-order valence-electron chi connectivity index (χ0n) is 13.0. The lowest BCUT2D eigenvalue weighted by atomic mass is 10.1. The van der Waals surface area contributed by atoms with Crippen LogP contribution in [0, 0.1) is 0 Å². The molecule has 9 heteroatoms. The number of carbonyl (C=O) groups is 2. The second kappa shape index (κ2) is 7.93. The number of hydrogen-bond acceptors (Lipinski definition) is 5. The summed E-state index contributed by atoms with van der Waals surface area (Å²) in [6.45, 7) is 0. The topological polar surface area (TPSA) is 67.8 Å². The van der Waals surface area contributed by atoms with Gasteiger partial charge in [0.2, 0.25) is 5.78 Å². The third kappa shape index (κ3) is 5.42. The standard InChI is InChI=1S/C16H13F3N2O3S/c1-24-11-5-2-4-10(8-11)15(23)21-20-12(9-16(17,18)19)14(22)13-6-3-7-25-13/h2-8H,9H2,1H3,(H,21,23). The van der Waals surface area contributed by atoms with E-state index in [9.17, 15) is 22.8 Å². The molecule has 0 spiro atoms. The summed E-state index contributed by atoms with van der Waals surface area (Å²) in [5.74, 6) is -1.22. The molecule has 0 saturated heterocycles. The van der Waals surface area contributed by atoms with Gasteiger partial charge in [-0.05, 0) is 29.6 Å². The highest BCUT2D eigenvalue weighted by atomic mass is 32.1. The number of nitrogens with one attached hydrogen (secondary N) is 1. The van der Waals surface area contributed by atoms with Gasteiger partial charge in [0.25, 0.3) is 5.91 Å². The van der Waals surface area contributed by atoms with E-state index in [-0.39, 0.29) is 10.4 Å². The number of rotatable bonds is 6. The van der Waals surface area contributed by atoms with Crippen molar-refractivity contribution < 1.29 is 27.5 Å². The number of Topliss-reactive ketones (excluding diaryl/α,β-unsaturated/α-hetero) is 1. The fourth-order valence-corrected chi connectivity index (χ4v) is 2.54. The highest BCUT2D eigenvalue weighted by molar-refractivity contribution is 7.13. The van der Waals surface area contributed by atoms with Crippen molar-refractivity contribution in [3.8, 4) is 5.75 Å². The highest BCUT2D eigenvalue weighted by Gasteiger charge is 2.33. The van der Waals surface area contributed by atoms with E-state index in [1.165, 1.54) is 31.4 Å². The quantitative estimate of drug-likeness (QED) is 0.479. The van der Waals surface area contributed by atoms with Crippen LogP contribution in [0.3, 0.4) is 0 Å². The fraction of sp³-hybridized carbons (Fsp3) is 0.188. The van der Waals surface area contributed by atoms with Gasteiger partial charge in [-0.3, -0.25) is 9.59 Å². The predicted molar refractivity (Wildman–Crippen MR) is 87.2 cm³/mol. The summed E-state index contributed by atoms with van der Waals surface area (Å²) in [5, 5.41) is 4.97. The van der Waals surface area contributed by atoms with Crippen molar-refractivity contribution in [2.24, 2.45) is 5.10 Å². The molecule has 5 nitrogen and oxygen atoms in total. The summed E-state index contributed by atoms with van der Waals surface area (Å²) in [6, 6.07) is 8.92. The molecule has 0 fully saturated rings. The minimum atomic E-state index is -4.63. The van der Waals surface area contributed by atoms with Crippen LogP contribution in [0.4, 0.5) is 13.2 Å². The number of nitrogens with zero attached hydrogens (tertiary/aromatic N) is 1. The largest absolute Gasteiger partial charge is 0.497 e. The molecular formula is C16H13F3N2O3S. The van der Waals surface area contributed by atoms with Crippen molar-refractivity contribution in [2.45, 2.75) is 12.6 Å². The number of thiophene rings is 1. The number of ether oxygens (including phenoxy) is 1. The van der Waals surface area contributed by atoms with Gasteiger partial charge in [0.15, 0.2) is 0 Å². The van der Waals surface area contributed by atoms with Gasteiger partial charge in [0.05, 0.1) is 18.4 Å². The first kappa shape index (κ1) is 18.7. The Balaban J connectivity index is 2.21. The number of amides is 1. The number of carbonyl (C=O) groups excluding carboxylic acids is 2. The van der Waals surface area contributed by atoms with Crippen molar-refractivity contribution in [2.75, 3.05) is 7.11 Å². The van der Waals surface area contributed by atoms with Crippen molar-refractivity contribution >= 4 is 28.7 Å². The van der Waals surface area contributed by atoms with E-state index < -0.39 is 30.0 Å². The van der Waals surface area contributed by atoms with Crippen molar-refractivity contribution in [1.82, 2.24) is 5.43 Å². The van der Waals surface area contributed by atoms with Gasteiger partial charge in [-0.2, -0.15) is 18.3 Å². The maximum Gasteiger partial charge on any atom is 0.394 e. The Morgan fingerprint density at radius 1 is 1.24 bits per heavy atom. The lowest BCUT2D eigenvalue weighted by molar-refractivity contribution is -0.121. The predicted octanol–water partition coefficient (Wildman–Crippen LogP) is 3.68. The van der Waals surface area contributed by atoms with Crippen LogP contribution in [0.1, 0.15) is 26.5 Å². The number of ketones is 1. The number of alkyl halides is 3. The first-order valence-electron chi connectivity index (χ1n) is 6.96. The van der Waals surface area contributed by atoms with E-state index in [1.54, 1.807) is 17.5 Å². The molecule has 1 aromatic heterocycles. The summed E-state index contributed by atoms with van der Waals surface area (Å²) in [6.07, 6.45) is -6.17. The SMILES string of the molecule is COc1cccc(C(=O)NN=C(CC(F)(F)F)C(=O)c2cccs2)c1. The number of hydrogen-bond donors (Lipinski definition) is 1. The Labute approximate surface area is 145 Å². The second-order valence-electron chi connectivity index (χ2n) is 4.83. The van der Waals surface area contributed by atoms with Crippen LogP contribution < -0.4 is 10.2 Å². The lowest BCUT2D eigenvalue weighted by Gasteiger charge is -2.09. The maximum absolute atomic E-state index is 12.7. The molecule has 1 amide bonds. The molecule has 2 rings (SSSR count).